The largest absolute Gasteiger partial charge is 0.481 e. The molecule has 1 unspecified atom stereocenters. The molecule has 0 bridgehead atoms. The fourth-order valence-electron chi connectivity index (χ4n) is 2.24. The maximum Gasteiger partial charge on any atom is 0.312 e. The minimum absolute atomic E-state index is 0.0474. The van der Waals surface area contributed by atoms with Gasteiger partial charge in [0.2, 0.25) is 5.91 Å². The summed E-state index contributed by atoms with van der Waals surface area (Å²) in [5.74, 6) is -1.61. The van der Waals surface area contributed by atoms with E-state index in [0.29, 0.717) is 18.4 Å². The van der Waals surface area contributed by atoms with Crippen molar-refractivity contribution in [3.8, 4) is 0 Å². The van der Waals surface area contributed by atoms with Gasteiger partial charge in [0.25, 0.3) is 0 Å². The second-order valence-corrected chi connectivity index (χ2v) is 4.47. The first-order chi connectivity index (χ1) is 8.54. The van der Waals surface area contributed by atoms with E-state index in [2.05, 4.69) is 0 Å². The molecule has 1 heterocycles. The van der Waals surface area contributed by atoms with E-state index < -0.39 is 11.9 Å². The number of hydrogen-bond acceptors (Lipinski definition) is 3. The van der Waals surface area contributed by atoms with Gasteiger partial charge in [0, 0.05) is 25.7 Å². The van der Waals surface area contributed by atoms with Gasteiger partial charge in [-0.3, -0.25) is 9.59 Å². The van der Waals surface area contributed by atoms with E-state index in [4.69, 9.17) is 10.8 Å². The van der Waals surface area contributed by atoms with Crippen LogP contribution in [0.4, 0.5) is 5.69 Å². The van der Waals surface area contributed by atoms with Crippen LogP contribution in [0.25, 0.3) is 0 Å². The summed E-state index contributed by atoms with van der Waals surface area (Å²) in [5.41, 5.74) is 7.99. The van der Waals surface area contributed by atoms with Crippen molar-refractivity contribution in [1.82, 2.24) is 0 Å². The standard InChI is InChI=1S/C13H16N2O3/c1-15-11-6-9(10(7-14)13(17)18)3-2-8(11)4-5-12(15)16/h2-3,6,10H,4-5,7,14H2,1H3,(H,17,18). The molecule has 1 aromatic rings. The van der Waals surface area contributed by atoms with Crippen LogP contribution in [-0.2, 0) is 16.0 Å². The number of fused-ring (bicyclic) bond motifs is 1. The molecule has 18 heavy (non-hydrogen) atoms. The number of hydrogen-bond donors (Lipinski definition) is 2. The zero-order valence-electron chi connectivity index (χ0n) is 10.2. The van der Waals surface area contributed by atoms with Crippen LogP contribution in [0, 0.1) is 0 Å². The Morgan fingerprint density at radius 1 is 1.50 bits per heavy atom. The summed E-state index contributed by atoms with van der Waals surface area (Å²) in [7, 11) is 1.71. The van der Waals surface area contributed by atoms with E-state index in [-0.39, 0.29) is 12.5 Å². The van der Waals surface area contributed by atoms with Crippen LogP contribution in [0.3, 0.4) is 0 Å². The molecule has 0 saturated carbocycles. The molecule has 96 valence electrons. The monoisotopic (exact) mass is 248 g/mol. The second kappa shape index (κ2) is 4.78. The second-order valence-electron chi connectivity index (χ2n) is 4.47. The third-order valence-electron chi connectivity index (χ3n) is 3.39. The number of carbonyl (C=O) groups excluding carboxylic acids is 1. The van der Waals surface area contributed by atoms with E-state index in [9.17, 15) is 9.59 Å². The average molecular weight is 248 g/mol. The lowest BCUT2D eigenvalue weighted by Gasteiger charge is -2.27. The van der Waals surface area contributed by atoms with Gasteiger partial charge in [-0.1, -0.05) is 12.1 Å². The van der Waals surface area contributed by atoms with E-state index in [1.807, 2.05) is 6.07 Å². The van der Waals surface area contributed by atoms with Gasteiger partial charge in [0.1, 0.15) is 0 Å². The highest BCUT2D eigenvalue weighted by atomic mass is 16.4. The highest BCUT2D eigenvalue weighted by Gasteiger charge is 2.24. The molecule has 3 N–H and O–H groups in total. The molecule has 0 aromatic heterocycles. The van der Waals surface area contributed by atoms with Gasteiger partial charge in [-0.05, 0) is 23.6 Å². The third-order valence-corrected chi connectivity index (χ3v) is 3.39. The van der Waals surface area contributed by atoms with Crippen molar-refractivity contribution in [2.75, 3.05) is 18.5 Å². The Labute approximate surface area is 105 Å². The lowest BCUT2D eigenvalue weighted by molar-refractivity contribution is -0.138. The van der Waals surface area contributed by atoms with Crippen molar-refractivity contribution in [3.63, 3.8) is 0 Å². The van der Waals surface area contributed by atoms with Crippen LogP contribution in [0.5, 0.6) is 0 Å². The number of benzene rings is 1. The number of rotatable bonds is 3. The normalized spacial score (nSPS) is 16.3. The Bertz CT molecular complexity index is 499. The molecule has 5 heteroatoms. The summed E-state index contributed by atoms with van der Waals surface area (Å²) >= 11 is 0. The van der Waals surface area contributed by atoms with E-state index in [1.54, 1.807) is 24.1 Å². The number of carbonyl (C=O) groups is 2. The van der Waals surface area contributed by atoms with Crippen LogP contribution in [-0.4, -0.2) is 30.6 Å². The number of aliphatic carboxylic acids is 1. The molecule has 1 atom stereocenters. The molecule has 0 fully saturated rings. The van der Waals surface area contributed by atoms with Crippen molar-refractivity contribution in [3.05, 3.63) is 29.3 Å². The molecule has 0 radical (unpaired) electrons. The highest BCUT2D eigenvalue weighted by Crippen LogP contribution is 2.30. The van der Waals surface area contributed by atoms with Gasteiger partial charge in [-0.2, -0.15) is 0 Å². The summed E-state index contributed by atoms with van der Waals surface area (Å²) in [4.78, 5) is 24.3. The first-order valence-electron chi connectivity index (χ1n) is 5.87. The molecule has 0 aliphatic carbocycles. The maximum absolute atomic E-state index is 11.6. The summed E-state index contributed by atoms with van der Waals surface area (Å²) < 4.78 is 0. The van der Waals surface area contributed by atoms with Gasteiger partial charge >= 0.3 is 5.97 Å². The molecule has 1 aromatic carbocycles. The molecule has 1 aliphatic heterocycles. The first-order valence-corrected chi connectivity index (χ1v) is 5.87. The van der Waals surface area contributed by atoms with Crippen LogP contribution in [0.2, 0.25) is 0 Å². The highest BCUT2D eigenvalue weighted by molar-refractivity contribution is 5.96. The van der Waals surface area contributed by atoms with Crippen molar-refractivity contribution < 1.29 is 14.7 Å². The Morgan fingerprint density at radius 3 is 2.83 bits per heavy atom. The molecular formula is C13H16N2O3. The van der Waals surface area contributed by atoms with Crippen molar-refractivity contribution in [2.24, 2.45) is 5.73 Å². The van der Waals surface area contributed by atoms with Gasteiger partial charge in [-0.15, -0.1) is 0 Å². The SMILES string of the molecule is CN1C(=O)CCc2ccc(C(CN)C(=O)O)cc21. The topological polar surface area (TPSA) is 83.6 Å². The number of carboxylic acids is 1. The number of amides is 1. The lowest BCUT2D eigenvalue weighted by atomic mass is 9.93. The molecule has 5 nitrogen and oxygen atoms in total. The fraction of sp³-hybridized carbons (Fsp3) is 0.385. The van der Waals surface area contributed by atoms with Crippen LogP contribution >= 0.6 is 0 Å². The molecule has 2 rings (SSSR count). The smallest absolute Gasteiger partial charge is 0.312 e. The average Bonchev–Trinajstić information content (AvgIpc) is 2.35. The lowest BCUT2D eigenvalue weighted by Crippen LogP contribution is -2.31. The van der Waals surface area contributed by atoms with Crippen LogP contribution in [0.15, 0.2) is 18.2 Å². The zero-order chi connectivity index (χ0) is 13.3. The van der Waals surface area contributed by atoms with E-state index >= 15 is 0 Å². The Kier molecular flexibility index (Phi) is 3.34. The minimum Gasteiger partial charge on any atom is -0.481 e. The summed E-state index contributed by atoms with van der Waals surface area (Å²) in [6.45, 7) is 0.0474. The van der Waals surface area contributed by atoms with E-state index in [0.717, 1.165) is 11.3 Å². The quantitative estimate of drug-likeness (QED) is 0.825. The summed E-state index contributed by atoms with van der Waals surface area (Å²) in [6, 6.07) is 5.44. The van der Waals surface area contributed by atoms with Gasteiger partial charge < -0.3 is 15.7 Å². The van der Waals surface area contributed by atoms with Crippen LogP contribution in [0.1, 0.15) is 23.5 Å². The molecule has 1 aliphatic rings. The van der Waals surface area contributed by atoms with Crippen molar-refractivity contribution in [2.45, 2.75) is 18.8 Å². The van der Waals surface area contributed by atoms with Crippen molar-refractivity contribution >= 4 is 17.6 Å². The predicted octanol–water partition coefficient (Wildman–Crippen LogP) is 0.722. The maximum atomic E-state index is 11.6. The van der Waals surface area contributed by atoms with E-state index in [1.165, 1.54) is 0 Å². The van der Waals surface area contributed by atoms with Crippen molar-refractivity contribution in [1.29, 1.82) is 0 Å². The van der Waals surface area contributed by atoms with Gasteiger partial charge in [0.15, 0.2) is 0 Å². The summed E-state index contributed by atoms with van der Waals surface area (Å²) in [6.07, 6.45) is 1.21. The molecule has 1 amide bonds. The minimum atomic E-state index is -0.942. The number of nitrogens with two attached hydrogens (primary N) is 1. The van der Waals surface area contributed by atoms with Gasteiger partial charge in [-0.25, -0.2) is 0 Å². The molecule has 0 spiro atoms. The first kappa shape index (κ1) is 12.6. The molecule has 0 saturated heterocycles. The van der Waals surface area contributed by atoms with Gasteiger partial charge in [0.05, 0.1) is 5.92 Å². The number of anilines is 1. The Morgan fingerprint density at radius 2 is 2.22 bits per heavy atom. The Balaban J connectivity index is 2.42. The zero-order valence-corrected chi connectivity index (χ0v) is 10.2. The van der Waals surface area contributed by atoms with Crippen LogP contribution < -0.4 is 10.6 Å². The third kappa shape index (κ3) is 2.09. The summed E-state index contributed by atoms with van der Waals surface area (Å²) in [5, 5.41) is 9.09. The molecular weight excluding hydrogens is 232 g/mol. The predicted molar refractivity (Wildman–Crippen MR) is 67.6 cm³/mol. The Hall–Kier alpha value is -1.88. The number of carboxylic acid groups (broad SMARTS) is 1. The fourth-order valence-corrected chi connectivity index (χ4v) is 2.24. The number of aryl methyl sites for hydroxylation is 1. The number of nitrogens with zero attached hydrogens (tertiary/aromatic N) is 1.